The van der Waals surface area contributed by atoms with Gasteiger partial charge in [-0.05, 0) is 6.92 Å². The van der Waals surface area contributed by atoms with Crippen molar-refractivity contribution in [1.82, 2.24) is 4.98 Å². The van der Waals surface area contributed by atoms with Crippen LogP contribution in [0.5, 0.6) is 0 Å². The fourth-order valence-corrected chi connectivity index (χ4v) is 1.16. The first kappa shape index (κ1) is 7.63. The molecule has 56 valence electrons. The van der Waals surface area contributed by atoms with Crippen LogP contribution in [-0.4, -0.2) is 17.3 Å². The predicted octanol–water partition coefficient (Wildman–Crippen LogP) is 1.03. The van der Waals surface area contributed by atoms with Crippen LogP contribution >= 0.6 is 11.8 Å². The number of hydrogen-bond donors (Lipinski definition) is 1. The van der Waals surface area contributed by atoms with Crippen LogP contribution in [0.15, 0.2) is 15.9 Å². The van der Waals surface area contributed by atoms with Crippen molar-refractivity contribution >= 4 is 11.8 Å². The van der Waals surface area contributed by atoms with Gasteiger partial charge in [-0.1, -0.05) is 11.8 Å². The Labute approximate surface area is 64.0 Å². The lowest BCUT2D eigenvalue weighted by molar-refractivity contribution is 0.454. The zero-order valence-electron chi connectivity index (χ0n) is 5.83. The number of nitrogens with zero attached hydrogens (tertiary/aromatic N) is 1. The van der Waals surface area contributed by atoms with Crippen LogP contribution in [0.25, 0.3) is 0 Å². The van der Waals surface area contributed by atoms with Crippen LogP contribution in [0.3, 0.4) is 0 Å². The van der Waals surface area contributed by atoms with Gasteiger partial charge < -0.3 is 10.2 Å². The smallest absolute Gasteiger partial charge is 0.255 e. The molecular formula is C6H10N2OS. The van der Waals surface area contributed by atoms with Crippen LogP contribution in [0, 0.1) is 6.92 Å². The maximum atomic E-state index is 5.29. The fraction of sp³-hybridized carbons (Fsp3) is 0.500. The summed E-state index contributed by atoms with van der Waals surface area (Å²) < 4.78 is 5.06. The normalized spacial score (nSPS) is 10.2. The summed E-state index contributed by atoms with van der Waals surface area (Å²) in [5, 5.41) is 0.711. The highest BCUT2D eigenvalue weighted by Crippen LogP contribution is 2.15. The molecule has 1 heterocycles. The lowest BCUT2D eigenvalue weighted by Crippen LogP contribution is -2.00. The second-order valence-electron chi connectivity index (χ2n) is 1.89. The van der Waals surface area contributed by atoms with Crippen molar-refractivity contribution in [3.8, 4) is 0 Å². The first-order valence-electron chi connectivity index (χ1n) is 3.08. The molecule has 4 heteroatoms. The van der Waals surface area contributed by atoms with Crippen molar-refractivity contribution in [2.45, 2.75) is 12.1 Å². The van der Waals surface area contributed by atoms with Gasteiger partial charge in [-0.3, -0.25) is 0 Å². The molecule has 0 atom stereocenters. The summed E-state index contributed by atoms with van der Waals surface area (Å²) in [6.45, 7) is 2.56. The minimum Gasteiger partial charge on any atom is -0.440 e. The van der Waals surface area contributed by atoms with E-state index in [0.29, 0.717) is 11.8 Å². The Bertz CT molecular complexity index is 199. The summed E-state index contributed by atoms with van der Waals surface area (Å²) >= 11 is 1.54. The Hall–Kier alpha value is -0.480. The molecule has 0 unspecified atom stereocenters. The highest BCUT2D eigenvalue weighted by atomic mass is 32.2. The maximum Gasteiger partial charge on any atom is 0.255 e. The summed E-state index contributed by atoms with van der Waals surface area (Å²) in [4.78, 5) is 4.09. The Morgan fingerprint density at radius 1 is 1.80 bits per heavy atom. The molecule has 0 radical (unpaired) electrons. The van der Waals surface area contributed by atoms with Gasteiger partial charge >= 0.3 is 0 Å². The van der Waals surface area contributed by atoms with Crippen LogP contribution in [0.2, 0.25) is 0 Å². The average molecular weight is 158 g/mol. The molecule has 0 saturated carbocycles. The third-order valence-electron chi connectivity index (χ3n) is 0.941. The van der Waals surface area contributed by atoms with Gasteiger partial charge in [0, 0.05) is 12.3 Å². The SMILES string of the molecule is Cc1coc(SCCN)n1. The molecule has 10 heavy (non-hydrogen) atoms. The molecule has 1 aromatic rings. The van der Waals surface area contributed by atoms with Crippen LogP contribution in [-0.2, 0) is 0 Å². The van der Waals surface area contributed by atoms with Crippen molar-refractivity contribution in [1.29, 1.82) is 0 Å². The molecule has 0 aliphatic carbocycles. The largest absolute Gasteiger partial charge is 0.440 e. The standard InChI is InChI=1S/C6H10N2OS/c1-5-4-9-6(8-5)10-3-2-7/h4H,2-3,7H2,1H3. The van der Waals surface area contributed by atoms with Gasteiger partial charge in [0.25, 0.3) is 5.22 Å². The van der Waals surface area contributed by atoms with Crippen LogP contribution in [0.4, 0.5) is 0 Å². The number of oxazole rings is 1. The summed E-state index contributed by atoms with van der Waals surface area (Å²) in [7, 11) is 0. The van der Waals surface area contributed by atoms with E-state index >= 15 is 0 Å². The van der Waals surface area contributed by atoms with Crippen molar-refractivity contribution in [2.75, 3.05) is 12.3 Å². The van der Waals surface area contributed by atoms with E-state index < -0.39 is 0 Å². The van der Waals surface area contributed by atoms with Gasteiger partial charge in [0.15, 0.2) is 0 Å². The zero-order chi connectivity index (χ0) is 7.40. The minimum atomic E-state index is 0.659. The van der Waals surface area contributed by atoms with Crippen molar-refractivity contribution < 1.29 is 4.42 Å². The molecular weight excluding hydrogens is 148 g/mol. The monoisotopic (exact) mass is 158 g/mol. The molecule has 0 aliphatic heterocycles. The molecule has 1 rings (SSSR count). The molecule has 0 aromatic carbocycles. The Morgan fingerprint density at radius 2 is 2.60 bits per heavy atom. The van der Waals surface area contributed by atoms with E-state index in [2.05, 4.69) is 4.98 Å². The molecule has 0 amide bonds. The highest BCUT2D eigenvalue weighted by molar-refractivity contribution is 7.99. The fourth-order valence-electron chi connectivity index (χ4n) is 0.545. The summed E-state index contributed by atoms with van der Waals surface area (Å²) in [5.41, 5.74) is 6.21. The third kappa shape index (κ3) is 2.04. The number of aryl methyl sites for hydroxylation is 1. The predicted molar refractivity (Wildman–Crippen MR) is 41.0 cm³/mol. The van der Waals surface area contributed by atoms with Gasteiger partial charge in [0.05, 0.1) is 5.69 Å². The van der Waals surface area contributed by atoms with E-state index in [0.717, 1.165) is 11.4 Å². The van der Waals surface area contributed by atoms with Crippen molar-refractivity contribution in [3.05, 3.63) is 12.0 Å². The second-order valence-corrected chi connectivity index (χ2v) is 2.94. The third-order valence-corrected chi connectivity index (χ3v) is 1.82. The molecule has 0 saturated heterocycles. The van der Waals surface area contributed by atoms with E-state index in [1.54, 1.807) is 6.26 Å². The van der Waals surface area contributed by atoms with Crippen LogP contribution in [0.1, 0.15) is 5.69 Å². The number of nitrogens with two attached hydrogens (primary N) is 1. The van der Waals surface area contributed by atoms with Gasteiger partial charge in [-0.2, -0.15) is 0 Å². The Morgan fingerprint density at radius 3 is 3.10 bits per heavy atom. The summed E-state index contributed by atoms with van der Waals surface area (Å²) in [5.74, 6) is 0.861. The molecule has 0 bridgehead atoms. The lowest BCUT2D eigenvalue weighted by atomic mass is 10.6. The summed E-state index contributed by atoms with van der Waals surface area (Å²) in [6, 6.07) is 0. The molecule has 0 spiro atoms. The maximum absolute atomic E-state index is 5.29. The second kappa shape index (κ2) is 3.63. The average Bonchev–Trinajstić information content (AvgIpc) is 2.31. The topological polar surface area (TPSA) is 52.0 Å². The Kier molecular flexibility index (Phi) is 2.77. The minimum absolute atomic E-state index is 0.659. The Balaban J connectivity index is 2.42. The summed E-state index contributed by atoms with van der Waals surface area (Å²) in [6.07, 6.45) is 1.64. The molecule has 2 N–H and O–H groups in total. The van der Waals surface area contributed by atoms with E-state index in [1.165, 1.54) is 11.8 Å². The molecule has 3 nitrogen and oxygen atoms in total. The van der Waals surface area contributed by atoms with Gasteiger partial charge in [-0.15, -0.1) is 0 Å². The number of hydrogen-bond acceptors (Lipinski definition) is 4. The van der Waals surface area contributed by atoms with E-state index in [-0.39, 0.29) is 0 Å². The molecule has 0 aliphatic rings. The van der Waals surface area contributed by atoms with Gasteiger partial charge in [0.2, 0.25) is 0 Å². The van der Waals surface area contributed by atoms with Crippen molar-refractivity contribution in [2.24, 2.45) is 5.73 Å². The van der Waals surface area contributed by atoms with E-state index in [4.69, 9.17) is 10.2 Å². The quantitative estimate of drug-likeness (QED) is 0.668. The van der Waals surface area contributed by atoms with E-state index in [9.17, 15) is 0 Å². The van der Waals surface area contributed by atoms with Crippen LogP contribution < -0.4 is 5.73 Å². The number of rotatable bonds is 3. The van der Waals surface area contributed by atoms with E-state index in [1.807, 2.05) is 6.92 Å². The number of thioether (sulfide) groups is 1. The number of aromatic nitrogens is 1. The van der Waals surface area contributed by atoms with Gasteiger partial charge in [-0.25, -0.2) is 4.98 Å². The lowest BCUT2D eigenvalue weighted by Gasteiger charge is -1.88. The van der Waals surface area contributed by atoms with Gasteiger partial charge in [0.1, 0.15) is 6.26 Å². The molecule has 0 fully saturated rings. The zero-order valence-corrected chi connectivity index (χ0v) is 6.65. The molecule has 1 aromatic heterocycles. The van der Waals surface area contributed by atoms with Crippen molar-refractivity contribution in [3.63, 3.8) is 0 Å². The highest BCUT2D eigenvalue weighted by Gasteiger charge is 1.98. The first-order chi connectivity index (χ1) is 4.83. The first-order valence-corrected chi connectivity index (χ1v) is 4.06.